The van der Waals surface area contributed by atoms with Crippen molar-refractivity contribution in [2.45, 2.75) is 26.2 Å². The number of rotatable bonds is 1. The number of carbonyl (C=O) groups is 1. The third kappa shape index (κ3) is 2.05. The van der Waals surface area contributed by atoms with Gasteiger partial charge in [0.05, 0.1) is 5.71 Å². The van der Waals surface area contributed by atoms with Gasteiger partial charge < -0.3 is 5.73 Å². The molecule has 2 rings (SSSR count). The smallest absolute Gasteiger partial charge is 0.332 e. The maximum atomic E-state index is 10.6. The molecule has 0 radical (unpaired) electrons. The van der Waals surface area contributed by atoms with Crippen molar-refractivity contribution in [3.63, 3.8) is 0 Å². The first kappa shape index (κ1) is 10.7. The zero-order valence-corrected chi connectivity index (χ0v) is 9.29. The van der Waals surface area contributed by atoms with Crippen LogP contribution >= 0.6 is 0 Å². The van der Waals surface area contributed by atoms with E-state index in [0.717, 1.165) is 30.5 Å². The van der Waals surface area contributed by atoms with Gasteiger partial charge in [0, 0.05) is 5.56 Å². The van der Waals surface area contributed by atoms with Crippen LogP contribution in [0.3, 0.4) is 0 Å². The van der Waals surface area contributed by atoms with Gasteiger partial charge in [-0.2, -0.15) is 5.10 Å². The van der Waals surface area contributed by atoms with Gasteiger partial charge in [0.15, 0.2) is 0 Å². The molecule has 0 saturated heterocycles. The van der Waals surface area contributed by atoms with Crippen LogP contribution in [-0.2, 0) is 6.42 Å². The number of hydrogen-bond donors (Lipinski definition) is 2. The topological polar surface area (TPSA) is 67.5 Å². The molecule has 0 aliphatic heterocycles. The number of hydrogen-bond acceptors (Lipinski definition) is 2. The number of carbonyl (C=O) groups excluding carboxylic acids is 1. The lowest BCUT2D eigenvalue weighted by atomic mass is 9.87. The molecule has 84 valence electrons. The van der Waals surface area contributed by atoms with Gasteiger partial charge in [-0.15, -0.1) is 0 Å². The molecule has 0 saturated carbocycles. The third-order valence-corrected chi connectivity index (χ3v) is 2.86. The van der Waals surface area contributed by atoms with E-state index in [-0.39, 0.29) is 0 Å². The number of aryl methyl sites for hydroxylation is 1. The Bertz CT molecular complexity index is 452. The van der Waals surface area contributed by atoms with Gasteiger partial charge >= 0.3 is 6.03 Å². The Morgan fingerprint density at radius 1 is 1.44 bits per heavy atom. The fraction of sp³-hybridized carbons (Fsp3) is 0.333. The summed E-state index contributed by atoms with van der Waals surface area (Å²) in [6, 6.07) is 5.54. The molecule has 16 heavy (non-hydrogen) atoms. The number of hydrazone groups is 1. The minimum absolute atomic E-state index is 0.618. The van der Waals surface area contributed by atoms with Gasteiger partial charge in [-0.3, -0.25) is 0 Å². The Morgan fingerprint density at radius 2 is 2.25 bits per heavy atom. The molecule has 0 bridgehead atoms. The Balaban J connectivity index is 2.37. The van der Waals surface area contributed by atoms with Crippen LogP contribution in [0, 0.1) is 6.92 Å². The van der Waals surface area contributed by atoms with E-state index in [9.17, 15) is 4.79 Å². The second-order valence-electron chi connectivity index (χ2n) is 3.99. The summed E-state index contributed by atoms with van der Waals surface area (Å²) >= 11 is 0. The first-order valence-corrected chi connectivity index (χ1v) is 5.39. The van der Waals surface area contributed by atoms with Gasteiger partial charge in [-0.1, -0.05) is 18.2 Å². The van der Waals surface area contributed by atoms with Crippen LogP contribution in [0.1, 0.15) is 29.5 Å². The van der Waals surface area contributed by atoms with Crippen molar-refractivity contribution >= 4 is 11.7 Å². The summed E-state index contributed by atoms with van der Waals surface area (Å²) < 4.78 is 0. The van der Waals surface area contributed by atoms with Crippen LogP contribution in [0.2, 0.25) is 0 Å². The predicted molar refractivity (Wildman–Crippen MR) is 63.4 cm³/mol. The summed E-state index contributed by atoms with van der Waals surface area (Å²) in [6.07, 6.45) is 3.03. The lowest BCUT2D eigenvalue weighted by Gasteiger charge is -2.19. The molecule has 1 aliphatic carbocycles. The molecule has 0 unspecified atom stereocenters. The highest BCUT2D eigenvalue weighted by Gasteiger charge is 2.16. The maximum Gasteiger partial charge on any atom is 0.332 e. The molecule has 0 aromatic heterocycles. The van der Waals surface area contributed by atoms with Crippen LogP contribution in [0.15, 0.2) is 23.3 Å². The Hall–Kier alpha value is -1.84. The number of urea groups is 1. The third-order valence-electron chi connectivity index (χ3n) is 2.86. The minimum atomic E-state index is -0.618. The zero-order valence-electron chi connectivity index (χ0n) is 9.29. The SMILES string of the molecule is Cc1cccc2c1CCC/C2=N/NC(N)=O. The summed E-state index contributed by atoms with van der Waals surface area (Å²) in [6.45, 7) is 2.10. The summed E-state index contributed by atoms with van der Waals surface area (Å²) in [5.41, 5.74) is 12.0. The monoisotopic (exact) mass is 217 g/mol. The number of amides is 2. The quantitative estimate of drug-likeness (QED) is 0.691. The van der Waals surface area contributed by atoms with E-state index in [2.05, 4.69) is 23.5 Å². The second kappa shape index (κ2) is 4.35. The fourth-order valence-electron chi connectivity index (χ4n) is 2.11. The number of nitrogens with two attached hydrogens (primary N) is 1. The van der Waals surface area contributed by atoms with Crippen LogP contribution in [0.25, 0.3) is 0 Å². The average molecular weight is 217 g/mol. The highest BCUT2D eigenvalue weighted by atomic mass is 16.2. The minimum Gasteiger partial charge on any atom is -0.350 e. The second-order valence-corrected chi connectivity index (χ2v) is 3.99. The first-order valence-electron chi connectivity index (χ1n) is 5.39. The van der Waals surface area contributed by atoms with Crippen molar-refractivity contribution in [1.82, 2.24) is 5.43 Å². The summed E-state index contributed by atoms with van der Waals surface area (Å²) in [5, 5.41) is 4.06. The van der Waals surface area contributed by atoms with Gasteiger partial charge in [0.2, 0.25) is 0 Å². The van der Waals surface area contributed by atoms with E-state index in [1.54, 1.807) is 0 Å². The van der Waals surface area contributed by atoms with Crippen LogP contribution in [0.4, 0.5) is 4.79 Å². The van der Waals surface area contributed by atoms with Crippen molar-refractivity contribution < 1.29 is 4.79 Å². The van der Waals surface area contributed by atoms with Crippen LogP contribution in [0.5, 0.6) is 0 Å². The Kier molecular flexibility index (Phi) is 2.90. The number of fused-ring (bicyclic) bond motifs is 1. The van der Waals surface area contributed by atoms with Crippen molar-refractivity contribution in [3.05, 3.63) is 34.9 Å². The molecular weight excluding hydrogens is 202 g/mol. The summed E-state index contributed by atoms with van der Waals surface area (Å²) in [7, 11) is 0. The molecule has 0 heterocycles. The maximum absolute atomic E-state index is 10.6. The molecular formula is C12H15N3O. The van der Waals surface area contributed by atoms with E-state index >= 15 is 0 Å². The predicted octanol–water partition coefficient (Wildman–Crippen LogP) is 1.70. The fourth-order valence-corrected chi connectivity index (χ4v) is 2.11. The molecule has 0 spiro atoms. The van der Waals surface area contributed by atoms with E-state index in [1.165, 1.54) is 11.1 Å². The van der Waals surface area contributed by atoms with Crippen molar-refractivity contribution in [2.75, 3.05) is 0 Å². The Morgan fingerprint density at radius 3 is 3.00 bits per heavy atom. The van der Waals surface area contributed by atoms with Gasteiger partial charge in [-0.25, -0.2) is 10.2 Å². The van der Waals surface area contributed by atoms with E-state index in [4.69, 9.17) is 5.73 Å². The van der Waals surface area contributed by atoms with Crippen LogP contribution < -0.4 is 11.2 Å². The van der Waals surface area contributed by atoms with E-state index in [1.807, 2.05) is 12.1 Å². The largest absolute Gasteiger partial charge is 0.350 e. The molecule has 2 amide bonds. The highest BCUT2D eigenvalue weighted by molar-refractivity contribution is 6.03. The average Bonchev–Trinajstić information content (AvgIpc) is 2.27. The molecule has 4 nitrogen and oxygen atoms in total. The van der Waals surface area contributed by atoms with Crippen molar-refractivity contribution in [3.8, 4) is 0 Å². The Labute approximate surface area is 94.5 Å². The van der Waals surface area contributed by atoms with Gasteiger partial charge in [0.25, 0.3) is 0 Å². The van der Waals surface area contributed by atoms with Crippen LogP contribution in [-0.4, -0.2) is 11.7 Å². The lowest BCUT2D eigenvalue weighted by Crippen LogP contribution is -2.27. The summed E-state index contributed by atoms with van der Waals surface area (Å²) in [4.78, 5) is 10.6. The molecule has 3 N–H and O–H groups in total. The van der Waals surface area contributed by atoms with E-state index in [0.29, 0.717) is 0 Å². The number of primary amides is 1. The molecule has 0 fully saturated rings. The molecule has 1 aromatic rings. The van der Waals surface area contributed by atoms with Crippen molar-refractivity contribution in [1.29, 1.82) is 0 Å². The highest BCUT2D eigenvalue weighted by Crippen LogP contribution is 2.24. The number of benzene rings is 1. The molecule has 1 aliphatic rings. The van der Waals surface area contributed by atoms with Gasteiger partial charge in [0.1, 0.15) is 0 Å². The van der Waals surface area contributed by atoms with E-state index < -0.39 is 6.03 Å². The summed E-state index contributed by atoms with van der Waals surface area (Å²) in [5.74, 6) is 0. The molecule has 4 heteroatoms. The lowest BCUT2D eigenvalue weighted by molar-refractivity contribution is 0.249. The zero-order chi connectivity index (χ0) is 11.5. The van der Waals surface area contributed by atoms with Crippen molar-refractivity contribution in [2.24, 2.45) is 10.8 Å². The standard InChI is InChI=1S/C12H15N3O/c1-8-4-2-6-10-9(8)5-3-7-11(10)14-15-12(13)16/h2,4,6H,3,5,7H2,1H3,(H3,13,15,16)/b14-11-. The van der Waals surface area contributed by atoms with Gasteiger partial charge in [-0.05, 0) is 37.3 Å². The normalized spacial score (nSPS) is 16.9. The number of nitrogens with one attached hydrogen (secondary N) is 1. The first-order chi connectivity index (χ1) is 7.68. The molecule has 1 aromatic carbocycles. The number of nitrogens with zero attached hydrogens (tertiary/aromatic N) is 1. The molecule has 0 atom stereocenters.